The highest BCUT2D eigenvalue weighted by atomic mass is 79.9. The second-order valence-electron chi connectivity index (χ2n) is 5.57. The van der Waals surface area contributed by atoms with Gasteiger partial charge in [-0.3, -0.25) is 0 Å². The van der Waals surface area contributed by atoms with Crippen molar-refractivity contribution in [2.75, 3.05) is 7.05 Å². The van der Waals surface area contributed by atoms with Crippen LogP contribution in [-0.2, 0) is 0 Å². The molecule has 0 bridgehead atoms. The molecule has 1 atom stereocenters. The summed E-state index contributed by atoms with van der Waals surface area (Å²) in [6.07, 6.45) is 8.45. The maximum atomic E-state index is 3.54. The molecule has 1 aliphatic carbocycles. The fourth-order valence-corrected chi connectivity index (χ4v) is 3.66. The summed E-state index contributed by atoms with van der Waals surface area (Å²) in [6, 6.07) is 7.14. The second-order valence-corrected chi connectivity index (χ2v) is 6.49. The fraction of sp³-hybridized carbons (Fsp3) is 0.625. The average molecular weight is 310 g/mol. The molecule has 1 aromatic rings. The smallest absolute Gasteiger partial charge is 0.0320 e. The molecule has 0 heterocycles. The Morgan fingerprint density at radius 3 is 2.67 bits per heavy atom. The Kier molecular flexibility index (Phi) is 5.25. The Morgan fingerprint density at radius 2 is 2.06 bits per heavy atom. The molecule has 0 spiro atoms. The first kappa shape index (κ1) is 14.1. The minimum atomic E-state index is 0.513. The van der Waals surface area contributed by atoms with Gasteiger partial charge in [-0.15, -0.1) is 0 Å². The molecule has 0 aromatic heterocycles. The molecule has 1 saturated carbocycles. The van der Waals surface area contributed by atoms with Gasteiger partial charge in [0.05, 0.1) is 0 Å². The van der Waals surface area contributed by atoms with Crippen molar-refractivity contribution in [3.63, 3.8) is 0 Å². The highest BCUT2D eigenvalue weighted by Gasteiger charge is 2.18. The number of aryl methyl sites for hydroxylation is 1. The molecule has 0 saturated heterocycles. The summed E-state index contributed by atoms with van der Waals surface area (Å²) in [4.78, 5) is 0. The minimum Gasteiger partial charge on any atom is -0.313 e. The van der Waals surface area contributed by atoms with Crippen LogP contribution in [-0.4, -0.2) is 7.05 Å². The monoisotopic (exact) mass is 309 g/mol. The highest BCUT2D eigenvalue weighted by Crippen LogP contribution is 2.32. The largest absolute Gasteiger partial charge is 0.313 e. The third-order valence-electron chi connectivity index (χ3n) is 4.29. The van der Waals surface area contributed by atoms with Gasteiger partial charge in [-0.05, 0) is 56.0 Å². The zero-order chi connectivity index (χ0) is 13.0. The van der Waals surface area contributed by atoms with E-state index in [2.05, 4.69) is 53.4 Å². The van der Waals surface area contributed by atoms with Gasteiger partial charge in [0, 0.05) is 10.5 Å². The summed E-state index contributed by atoms with van der Waals surface area (Å²) in [5, 5.41) is 3.49. The topological polar surface area (TPSA) is 12.0 Å². The van der Waals surface area contributed by atoms with Gasteiger partial charge in [0.1, 0.15) is 0 Å². The summed E-state index contributed by atoms with van der Waals surface area (Å²) in [5.74, 6) is 0.983. The number of rotatable bonds is 5. The second kappa shape index (κ2) is 6.72. The number of nitrogens with one attached hydrogen (secondary N) is 1. The van der Waals surface area contributed by atoms with E-state index in [1.54, 1.807) is 0 Å². The molecule has 100 valence electrons. The van der Waals surface area contributed by atoms with Gasteiger partial charge in [0.25, 0.3) is 0 Å². The molecule has 0 radical (unpaired) electrons. The fourth-order valence-electron chi connectivity index (χ4n) is 3.19. The van der Waals surface area contributed by atoms with Crippen molar-refractivity contribution in [1.82, 2.24) is 5.32 Å². The van der Waals surface area contributed by atoms with Gasteiger partial charge in [-0.25, -0.2) is 0 Å². The molecule has 2 rings (SSSR count). The van der Waals surface area contributed by atoms with Crippen LogP contribution in [0.3, 0.4) is 0 Å². The van der Waals surface area contributed by atoms with Gasteiger partial charge < -0.3 is 5.32 Å². The van der Waals surface area contributed by atoms with Crippen molar-refractivity contribution in [2.45, 2.75) is 51.5 Å². The quantitative estimate of drug-likeness (QED) is 0.808. The van der Waals surface area contributed by atoms with Gasteiger partial charge in [-0.2, -0.15) is 0 Å². The molecule has 1 fully saturated rings. The van der Waals surface area contributed by atoms with Crippen molar-refractivity contribution in [3.8, 4) is 0 Å². The standard InChI is InChI=1S/C16H24BrN/c1-12-11-14(17)8-9-15(12)16(18-2)10-7-13-5-3-4-6-13/h8-9,11,13,16,18H,3-7,10H2,1-2H3. The number of halogens is 1. The first-order chi connectivity index (χ1) is 8.70. The summed E-state index contributed by atoms with van der Waals surface area (Å²) in [7, 11) is 2.08. The van der Waals surface area contributed by atoms with E-state index in [4.69, 9.17) is 0 Å². The molecule has 0 amide bonds. The van der Waals surface area contributed by atoms with Crippen LogP contribution in [0.15, 0.2) is 22.7 Å². The first-order valence-electron chi connectivity index (χ1n) is 7.14. The minimum absolute atomic E-state index is 0.513. The Bertz CT molecular complexity index is 383. The summed E-state index contributed by atoms with van der Waals surface area (Å²) in [5.41, 5.74) is 2.84. The Morgan fingerprint density at radius 1 is 1.33 bits per heavy atom. The van der Waals surface area contributed by atoms with Gasteiger partial charge in [0.15, 0.2) is 0 Å². The lowest BCUT2D eigenvalue weighted by atomic mass is 9.93. The van der Waals surface area contributed by atoms with Crippen LogP contribution in [0.1, 0.15) is 55.7 Å². The summed E-state index contributed by atoms with van der Waals surface area (Å²) in [6.45, 7) is 2.21. The van der Waals surface area contributed by atoms with Crippen LogP contribution < -0.4 is 5.32 Å². The van der Waals surface area contributed by atoms with Crippen LogP contribution in [0, 0.1) is 12.8 Å². The number of hydrogen-bond acceptors (Lipinski definition) is 1. The molecular weight excluding hydrogens is 286 g/mol. The molecule has 0 aliphatic heterocycles. The van der Waals surface area contributed by atoms with Crippen molar-refractivity contribution in [3.05, 3.63) is 33.8 Å². The number of benzene rings is 1. The SMILES string of the molecule is CNC(CCC1CCCC1)c1ccc(Br)cc1C. The third kappa shape index (κ3) is 3.58. The van der Waals surface area contributed by atoms with Crippen LogP contribution in [0.4, 0.5) is 0 Å². The summed E-state index contributed by atoms with van der Waals surface area (Å²) >= 11 is 3.54. The predicted molar refractivity (Wildman–Crippen MR) is 81.9 cm³/mol. The lowest BCUT2D eigenvalue weighted by Gasteiger charge is -2.21. The molecule has 1 nitrogen and oxygen atoms in total. The van der Waals surface area contributed by atoms with E-state index in [-0.39, 0.29) is 0 Å². The zero-order valence-electron chi connectivity index (χ0n) is 11.5. The molecule has 1 aliphatic rings. The normalized spacial score (nSPS) is 18.2. The molecular formula is C16H24BrN. The van der Waals surface area contributed by atoms with Crippen molar-refractivity contribution < 1.29 is 0 Å². The maximum Gasteiger partial charge on any atom is 0.0320 e. The average Bonchev–Trinajstić information content (AvgIpc) is 2.85. The van der Waals surface area contributed by atoms with Gasteiger partial charge in [0.2, 0.25) is 0 Å². The zero-order valence-corrected chi connectivity index (χ0v) is 13.1. The molecule has 2 heteroatoms. The third-order valence-corrected chi connectivity index (χ3v) is 4.79. The van der Waals surface area contributed by atoms with Gasteiger partial charge >= 0.3 is 0 Å². The van der Waals surface area contributed by atoms with Crippen LogP contribution in [0.5, 0.6) is 0 Å². The Balaban J connectivity index is 1.98. The van der Waals surface area contributed by atoms with E-state index in [1.807, 2.05) is 0 Å². The summed E-state index contributed by atoms with van der Waals surface area (Å²) < 4.78 is 1.18. The van der Waals surface area contributed by atoms with Crippen molar-refractivity contribution in [2.24, 2.45) is 5.92 Å². The maximum absolute atomic E-state index is 3.54. The highest BCUT2D eigenvalue weighted by molar-refractivity contribution is 9.10. The van der Waals surface area contributed by atoms with E-state index in [0.717, 1.165) is 5.92 Å². The van der Waals surface area contributed by atoms with Gasteiger partial charge in [-0.1, -0.05) is 47.7 Å². The first-order valence-corrected chi connectivity index (χ1v) is 7.93. The van der Waals surface area contributed by atoms with E-state index in [9.17, 15) is 0 Å². The Labute approximate surface area is 119 Å². The van der Waals surface area contributed by atoms with E-state index >= 15 is 0 Å². The van der Waals surface area contributed by atoms with Crippen LogP contribution in [0.25, 0.3) is 0 Å². The molecule has 1 N–H and O–H groups in total. The Hall–Kier alpha value is -0.340. The molecule has 1 unspecified atom stereocenters. The number of hydrogen-bond donors (Lipinski definition) is 1. The van der Waals surface area contributed by atoms with E-state index in [0.29, 0.717) is 6.04 Å². The molecule has 18 heavy (non-hydrogen) atoms. The van der Waals surface area contributed by atoms with E-state index < -0.39 is 0 Å². The van der Waals surface area contributed by atoms with Crippen molar-refractivity contribution >= 4 is 15.9 Å². The van der Waals surface area contributed by atoms with Crippen LogP contribution >= 0.6 is 15.9 Å². The van der Waals surface area contributed by atoms with Crippen LogP contribution in [0.2, 0.25) is 0 Å². The lowest BCUT2D eigenvalue weighted by molar-refractivity contribution is 0.426. The van der Waals surface area contributed by atoms with E-state index in [1.165, 1.54) is 54.1 Å². The predicted octanol–water partition coefficient (Wildman–Crippen LogP) is 4.99. The molecule has 1 aromatic carbocycles. The van der Waals surface area contributed by atoms with Crippen molar-refractivity contribution in [1.29, 1.82) is 0 Å². The lowest BCUT2D eigenvalue weighted by Crippen LogP contribution is -2.18.